The van der Waals surface area contributed by atoms with E-state index in [4.69, 9.17) is 23.5 Å². The smallest absolute Gasteiger partial charge is 0.349 e. The number of aromatic amines is 1. The third-order valence-corrected chi connectivity index (χ3v) is 9.39. The molecule has 6 atom stereocenters. The van der Waals surface area contributed by atoms with Crippen molar-refractivity contribution >= 4 is 30.8 Å². The Balaban J connectivity index is 1.95. The number of carbonyl (C=O) groups excluding carboxylic acids is 2. The van der Waals surface area contributed by atoms with Crippen LogP contribution in [0.25, 0.3) is 11.2 Å². The summed E-state index contributed by atoms with van der Waals surface area (Å²) in [6.07, 6.45) is -1.27. The lowest BCUT2D eigenvalue weighted by molar-refractivity contribution is -0.146. The molecule has 1 aliphatic heterocycles. The van der Waals surface area contributed by atoms with E-state index >= 15 is 0 Å². The zero-order valence-electron chi connectivity index (χ0n) is 28.9. The molecule has 2 aromatic heterocycles. The van der Waals surface area contributed by atoms with Crippen LogP contribution < -0.4 is 20.6 Å². The maximum atomic E-state index is 14.6. The minimum Gasteiger partial charge on any atom is -0.479 e. The molecule has 0 radical (unpaired) electrons. The Kier molecular flexibility index (Phi) is 14.1. The number of rotatable bonds is 19. The van der Waals surface area contributed by atoms with Crippen molar-refractivity contribution in [1.29, 1.82) is 0 Å². The predicted molar refractivity (Wildman–Crippen MR) is 174 cm³/mol. The van der Waals surface area contributed by atoms with Gasteiger partial charge in [-0.3, -0.25) is 23.7 Å². The molecule has 0 bridgehead atoms. The van der Waals surface area contributed by atoms with E-state index in [1.165, 1.54) is 24.9 Å². The monoisotopic (exact) mass is 702 g/mol. The predicted octanol–water partition coefficient (Wildman–Crippen LogP) is 2.18. The van der Waals surface area contributed by atoms with Crippen LogP contribution in [-0.2, 0) is 32.9 Å². The van der Waals surface area contributed by atoms with Crippen LogP contribution in [0.5, 0.6) is 5.88 Å². The molecule has 1 unspecified atom stereocenters. The molecule has 3 rings (SSSR count). The summed E-state index contributed by atoms with van der Waals surface area (Å²) in [6, 6.07) is -2.16. The van der Waals surface area contributed by atoms with Gasteiger partial charge in [-0.1, -0.05) is 41.5 Å². The molecule has 0 aromatic carbocycles. The molecule has 272 valence electrons. The van der Waals surface area contributed by atoms with Crippen molar-refractivity contribution in [2.75, 3.05) is 26.9 Å². The number of fused-ring (bicyclic) bond motifs is 1. The summed E-state index contributed by atoms with van der Waals surface area (Å²) >= 11 is 0. The summed E-state index contributed by atoms with van der Waals surface area (Å²) in [7, 11) is -3.02. The Bertz CT molecular complexity index is 1440. The Hall–Kier alpha value is -2.92. The summed E-state index contributed by atoms with van der Waals surface area (Å²) in [5, 5.41) is 28.2. The molecule has 2 aromatic rings. The SMILES string of the molecule is CCCOC(=O)[C@H](CC(C)C)NP(=O)(N[C@@H](CC(C)C)C(=O)OCCC)OC[C@H]1O[C@@H](n2cnc3c(OC)nc(=O)[nH]c32)[C@@](C)(O)C1O. The van der Waals surface area contributed by atoms with Crippen LogP contribution >= 0.6 is 7.67 Å². The van der Waals surface area contributed by atoms with E-state index in [2.05, 4.69) is 25.1 Å². The van der Waals surface area contributed by atoms with Crippen LogP contribution in [0.15, 0.2) is 11.1 Å². The molecule has 18 heteroatoms. The lowest BCUT2D eigenvalue weighted by atomic mass is 9.96. The molecule has 3 heterocycles. The Labute approximate surface area is 280 Å². The fourth-order valence-corrected chi connectivity index (χ4v) is 7.09. The van der Waals surface area contributed by atoms with Crippen LogP contribution in [0.1, 0.15) is 80.4 Å². The lowest BCUT2D eigenvalue weighted by Gasteiger charge is -2.30. The van der Waals surface area contributed by atoms with Gasteiger partial charge in [0.05, 0.1) is 33.3 Å². The highest BCUT2D eigenvalue weighted by Crippen LogP contribution is 2.44. The van der Waals surface area contributed by atoms with Gasteiger partial charge < -0.3 is 33.7 Å². The topological polar surface area (TPSA) is 225 Å². The molecule has 0 spiro atoms. The van der Waals surface area contributed by atoms with Gasteiger partial charge in [-0.25, -0.2) is 20.0 Å². The summed E-state index contributed by atoms with van der Waals surface area (Å²) in [5.41, 5.74) is -2.40. The first-order valence-electron chi connectivity index (χ1n) is 16.3. The third-order valence-electron chi connectivity index (χ3n) is 7.58. The van der Waals surface area contributed by atoms with E-state index in [-0.39, 0.29) is 54.9 Å². The molecule has 17 nitrogen and oxygen atoms in total. The average Bonchev–Trinajstić information content (AvgIpc) is 3.52. The van der Waals surface area contributed by atoms with Crippen molar-refractivity contribution in [2.45, 2.75) is 110 Å². The van der Waals surface area contributed by atoms with Crippen molar-refractivity contribution in [3.05, 3.63) is 16.8 Å². The van der Waals surface area contributed by atoms with Gasteiger partial charge in [0.2, 0.25) is 5.88 Å². The number of esters is 2. The molecule has 1 saturated heterocycles. The summed E-state index contributed by atoms with van der Waals surface area (Å²) in [4.78, 5) is 48.8. The van der Waals surface area contributed by atoms with Gasteiger partial charge >= 0.3 is 25.3 Å². The fraction of sp³-hybridized carbons (Fsp3) is 0.767. The standard InChI is InChI=1S/C30H51N6O11P/c1-9-11-44-26(38)19(13-17(3)4)34-48(42,35-20(14-18(5)6)27(39)45-12-10-2)46-15-21-23(37)30(7,41)28(47-21)36-16-31-22-24(36)32-29(40)33-25(22)43-8/h16-21,23,28,37,41H,9-15H2,1-8H3,(H,32,33,40)(H2,34,35,42)/t19-,20-,21+,23?,28+,30-/m0/s1. The first-order chi connectivity index (χ1) is 22.6. The van der Waals surface area contributed by atoms with Crippen molar-refractivity contribution in [1.82, 2.24) is 29.7 Å². The van der Waals surface area contributed by atoms with Gasteiger partial charge in [0, 0.05) is 0 Å². The van der Waals surface area contributed by atoms with E-state index in [9.17, 15) is 29.2 Å². The largest absolute Gasteiger partial charge is 0.479 e. The summed E-state index contributed by atoms with van der Waals surface area (Å²) in [6.45, 7) is 12.3. The minimum absolute atomic E-state index is 0.0211. The summed E-state index contributed by atoms with van der Waals surface area (Å²) < 4.78 is 43.8. The zero-order chi connectivity index (χ0) is 35.8. The van der Waals surface area contributed by atoms with E-state index in [0.717, 1.165) is 0 Å². The maximum Gasteiger partial charge on any atom is 0.349 e. The van der Waals surface area contributed by atoms with Crippen molar-refractivity contribution < 1.29 is 47.8 Å². The highest BCUT2D eigenvalue weighted by atomic mass is 31.2. The highest BCUT2D eigenvalue weighted by Gasteiger charge is 2.54. The Morgan fingerprint density at radius 3 is 2.10 bits per heavy atom. The number of methoxy groups -OCH3 is 1. The van der Waals surface area contributed by atoms with E-state index in [1.54, 1.807) is 0 Å². The quantitative estimate of drug-likeness (QED) is 0.104. The number of nitrogens with one attached hydrogen (secondary N) is 3. The van der Waals surface area contributed by atoms with Gasteiger partial charge in [0.15, 0.2) is 11.7 Å². The molecular weight excluding hydrogens is 651 g/mol. The normalized spacial score (nSPS) is 22.7. The number of imidazole rings is 1. The molecule has 48 heavy (non-hydrogen) atoms. The first-order valence-corrected chi connectivity index (χ1v) is 17.9. The molecule has 1 aliphatic rings. The van der Waals surface area contributed by atoms with Crippen LogP contribution in [0.3, 0.4) is 0 Å². The van der Waals surface area contributed by atoms with Gasteiger partial charge in [0.1, 0.15) is 35.5 Å². The maximum absolute atomic E-state index is 14.6. The fourth-order valence-electron chi connectivity index (χ4n) is 5.27. The number of ether oxygens (including phenoxy) is 4. The average molecular weight is 703 g/mol. The summed E-state index contributed by atoms with van der Waals surface area (Å²) in [5.74, 6) is -1.38. The molecule has 5 N–H and O–H groups in total. The van der Waals surface area contributed by atoms with Gasteiger partial charge in [-0.2, -0.15) is 4.98 Å². The van der Waals surface area contributed by atoms with Gasteiger partial charge in [-0.05, 0) is 44.4 Å². The number of aliphatic hydroxyl groups is 2. The van der Waals surface area contributed by atoms with E-state index in [0.29, 0.717) is 12.8 Å². The zero-order valence-corrected chi connectivity index (χ0v) is 29.8. The van der Waals surface area contributed by atoms with Crippen molar-refractivity contribution in [3.63, 3.8) is 0 Å². The minimum atomic E-state index is -4.34. The van der Waals surface area contributed by atoms with Crippen LogP contribution in [0, 0.1) is 11.8 Å². The van der Waals surface area contributed by atoms with Gasteiger partial charge in [0.25, 0.3) is 0 Å². The third kappa shape index (κ3) is 9.83. The second kappa shape index (κ2) is 17.1. The van der Waals surface area contributed by atoms with E-state index in [1.807, 2.05) is 41.5 Å². The van der Waals surface area contributed by atoms with Crippen molar-refractivity contribution in [2.24, 2.45) is 11.8 Å². The number of carbonyl (C=O) groups is 2. The molecular formula is C30H51N6O11P. The Morgan fingerprint density at radius 2 is 1.62 bits per heavy atom. The lowest BCUT2D eigenvalue weighted by Crippen LogP contribution is -2.47. The second-order valence-electron chi connectivity index (χ2n) is 12.9. The molecule has 1 fully saturated rings. The number of aromatic nitrogens is 4. The van der Waals surface area contributed by atoms with Crippen LogP contribution in [0.2, 0.25) is 0 Å². The molecule has 0 amide bonds. The number of H-pyrrole nitrogens is 1. The molecule has 0 saturated carbocycles. The first kappa shape index (κ1) is 39.5. The number of hydrogen-bond acceptors (Lipinski definition) is 13. The van der Waals surface area contributed by atoms with E-state index < -0.39 is 68.0 Å². The number of nitrogens with zero attached hydrogens (tertiary/aromatic N) is 3. The van der Waals surface area contributed by atoms with Crippen LogP contribution in [0.4, 0.5) is 0 Å². The van der Waals surface area contributed by atoms with Gasteiger partial charge in [-0.15, -0.1) is 0 Å². The van der Waals surface area contributed by atoms with Crippen molar-refractivity contribution in [3.8, 4) is 5.88 Å². The second-order valence-corrected chi connectivity index (χ2v) is 14.8. The van der Waals surface area contributed by atoms with Crippen LogP contribution in [-0.4, -0.2) is 98.5 Å². The number of hydrogen-bond donors (Lipinski definition) is 5. The highest BCUT2D eigenvalue weighted by molar-refractivity contribution is 7.54. The Morgan fingerprint density at radius 1 is 1.08 bits per heavy atom. The number of aliphatic hydroxyl groups excluding tert-OH is 1. The molecule has 0 aliphatic carbocycles.